The van der Waals surface area contributed by atoms with E-state index in [0.29, 0.717) is 5.02 Å². The van der Waals surface area contributed by atoms with Gasteiger partial charge in [0.15, 0.2) is 0 Å². The second kappa shape index (κ2) is 7.74. The lowest BCUT2D eigenvalue weighted by atomic mass is 9.67. The van der Waals surface area contributed by atoms with Crippen LogP contribution in [0.25, 0.3) is 0 Å². The quantitative estimate of drug-likeness (QED) is 0.601. The van der Waals surface area contributed by atoms with E-state index in [2.05, 4.69) is 27.4 Å². The number of carboxylic acids is 1. The third-order valence-corrected chi connectivity index (χ3v) is 5.23. The Morgan fingerprint density at radius 2 is 1.88 bits per heavy atom. The highest BCUT2D eigenvalue weighted by atomic mass is 35.5. The summed E-state index contributed by atoms with van der Waals surface area (Å²) in [4.78, 5) is 12.1. The summed E-state index contributed by atoms with van der Waals surface area (Å²) in [6.45, 7) is 16.3. The van der Waals surface area contributed by atoms with Gasteiger partial charge in [-0.2, -0.15) is 0 Å². The van der Waals surface area contributed by atoms with Crippen molar-refractivity contribution in [2.24, 2.45) is 17.3 Å². The lowest BCUT2D eigenvalue weighted by molar-refractivity contribution is -0.145. The van der Waals surface area contributed by atoms with E-state index in [1.54, 1.807) is 13.0 Å². The molecule has 24 heavy (non-hydrogen) atoms. The zero-order chi connectivity index (χ0) is 18.7. The molecule has 0 aliphatic rings. The molecule has 0 bridgehead atoms. The topological polar surface area (TPSA) is 37.3 Å². The normalized spacial score (nSPS) is 15.8. The van der Waals surface area contributed by atoms with E-state index in [1.807, 2.05) is 32.0 Å². The second-order valence-electron chi connectivity index (χ2n) is 8.38. The van der Waals surface area contributed by atoms with Crippen LogP contribution >= 0.6 is 11.6 Å². The first-order valence-electron chi connectivity index (χ1n) is 8.58. The summed E-state index contributed by atoms with van der Waals surface area (Å²) in [6.07, 6.45) is 3.67. The van der Waals surface area contributed by atoms with Crippen molar-refractivity contribution in [3.8, 4) is 0 Å². The monoisotopic (exact) mass is 350 g/mol. The third kappa shape index (κ3) is 4.63. The Morgan fingerprint density at radius 1 is 1.29 bits per heavy atom. The van der Waals surface area contributed by atoms with Gasteiger partial charge in [0.05, 0.1) is 5.41 Å². The zero-order valence-electron chi connectivity index (χ0n) is 15.8. The summed E-state index contributed by atoms with van der Waals surface area (Å²) >= 11 is 6.48. The number of aliphatic carboxylic acids is 1. The molecule has 2 unspecified atom stereocenters. The van der Waals surface area contributed by atoms with Gasteiger partial charge in [-0.3, -0.25) is 4.79 Å². The van der Waals surface area contributed by atoms with Gasteiger partial charge in [0.1, 0.15) is 0 Å². The molecule has 0 aromatic heterocycles. The largest absolute Gasteiger partial charge is 0.481 e. The van der Waals surface area contributed by atoms with Crippen molar-refractivity contribution in [1.82, 2.24) is 0 Å². The van der Waals surface area contributed by atoms with Crippen LogP contribution in [0.4, 0.5) is 0 Å². The highest BCUT2D eigenvalue weighted by Gasteiger charge is 2.43. The molecule has 1 aromatic carbocycles. The highest BCUT2D eigenvalue weighted by Crippen LogP contribution is 2.39. The van der Waals surface area contributed by atoms with Gasteiger partial charge in [-0.05, 0) is 54.2 Å². The van der Waals surface area contributed by atoms with E-state index in [4.69, 9.17) is 11.6 Å². The number of carboxylic acid groups (broad SMARTS) is 1. The number of halogens is 1. The molecule has 0 saturated heterocycles. The molecule has 2 atom stereocenters. The Bertz CT molecular complexity index is 598. The van der Waals surface area contributed by atoms with Crippen molar-refractivity contribution < 1.29 is 9.90 Å². The van der Waals surface area contributed by atoms with Crippen LogP contribution in [-0.4, -0.2) is 11.1 Å². The predicted molar refractivity (Wildman–Crippen MR) is 103 cm³/mol. The molecule has 0 amide bonds. The SMILES string of the molecule is C=CC(C(C)C)C(C)(C(=O)O)c1ccc(CCC(C)(C)C)c(Cl)c1. The smallest absolute Gasteiger partial charge is 0.314 e. The fraction of sp³-hybridized carbons (Fsp3) is 0.571. The molecule has 0 spiro atoms. The lowest BCUT2D eigenvalue weighted by Crippen LogP contribution is -2.41. The van der Waals surface area contributed by atoms with Crippen molar-refractivity contribution in [1.29, 1.82) is 0 Å². The second-order valence-corrected chi connectivity index (χ2v) is 8.79. The maximum Gasteiger partial charge on any atom is 0.314 e. The fourth-order valence-electron chi connectivity index (χ4n) is 3.22. The first kappa shape index (κ1) is 20.8. The van der Waals surface area contributed by atoms with Gasteiger partial charge in [0.2, 0.25) is 0 Å². The van der Waals surface area contributed by atoms with Crippen LogP contribution in [0.3, 0.4) is 0 Å². The molecule has 0 radical (unpaired) electrons. The summed E-state index contributed by atoms with van der Waals surface area (Å²) in [5.74, 6) is -0.853. The number of hydrogen-bond acceptors (Lipinski definition) is 1. The van der Waals surface area contributed by atoms with E-state index in [0.717, 1.165) is 24.0 Å². The van der Waals surface area contributed by atoms with Gasteiger partial charge in [0, 0.05) is 5.02 Å². The molecular weight excluding hydrogens is 320 g/mol. The van der Waals surface area contributed by atoms with E-state index < -0.39 is 11.4 Å². The van der Waals surface area contributed by atoms with Gasteiger partial charge in [-0.25, -0.2) is 0 Å². The molecule has 0 saturated carbocycles. The van der Waals surface area contributed by atoms with E-state index in [9.17, 15) is 9.90 Å². The average Bonchev–Trinajstić information content (AvgIpc) is 2.44. The fourth-order valence-corrected chi connectivity index (χ4v) is 3.49. The van der Waals surface area contributed by atoms with E-state index in [-0.39, 0.29) is 17.3 Å². The van der Waals surface area contributed by atoms with Gasteiger partial charge in [0.25, 0.3) is 0 Å². The van der Waals surface area contributed by atoms with Crippen molar-refractivity contribution >= 4 is 17.6 Å². The van der Waals surface area contributed by atoms with Crippen LogP contribution in [-0.2, 0) is 16.6 Å². The number of allylic oxidation sites excluding steroid dienone is 1. The maximum absolute atomic E-state index is 12.1. The Morgan fingerprint density at radius 3 is 2.25 bits per heavy atom. The van der Waals surface area contributed by atoms with Crippen LogP contribution in [0.5, 0.6) is 0 Å². The number of benzene rings is 1. The average molecular weight is 351 g/mol. The number of carbonyl (C=O) groups is 1. The standard InChI is InChI=1S/C21H31ClO2/c1-8-17(14(2)3)21(7,19(23)24)16-10-9-15(18(22)13-16)11-12-20(4,5)6/h8-10,13-14,17H,1,11-12H2,2-7H3,(H,23,24). The van der Waals surface area contributed by atoms with Gasteiger partial charge in [-0.1, -0.05) is 64.4 Å². The summed E-state index contributed by atoms with van der Waals surface area (Å²) in [5, 5.41) is 10.6. The molecule has 0 aliphatic carbocycles. The summed E-state index contributed by atoms with van der Waals surface area (Å²) in [6, 6.07) is 5.72. The van der Waals surface area contributed by atoms with Crippen LogP contribution in [0.15, 0.2) is 30.9 Å². The van der Waals surface area contributed by atoms with Gasteiger partial charge in [-0.15, -0.1) is 6.58 Å². The van der Waals surface area contributed by atoms with Crippen LogP contribution in [0.2, 0.25) is 5.02 Å². The number of hydrogen-bond donors (Lipinski definition) is 1. The first-order chi connectivity index (χ1) is 10.9. The van der Waals surface area contributed by atoms with E-state index in [1.165, 1.54) is 0 Å². The minimum absolute atomic E-state index is 0.169. The maximum atomic E-state index is 12.1. The Balaban J connectivity index is 3.26. The van der Waals surface area contributed by atoms with Crippen molar-refractivity contribution in [3.63, 3.8) is 0 Å². The van der Waals surface area contributed by atoms with Crippen LogP contribution in [0, 0.1) is 17.3 Å². The molecule has 0 heterocycles. The molecule has 134 valence electrons. The van der Waals surface area contributed by atoms with Gasteiger partial charge < -0.3 is 5.11 Å². The minimum atomic E-state index is -1.04. The molecule has 1 aromatic rings. The Hall–Kier alpha value is -1.28. The zero-order valence-corrected chi connectivity index (χ0v) is 16.6. The third-order valence-electron chi connectivity index (χ3n) is 4.88. The van der Waals surface area contributed by atoms with Crippen molar-refractivity contribution in [3.05, 3.63) is 47.0 Å². The molecule has 1 N–H and O–H groups in total. The minimum Gasteiger partial charge on any atom is -0.481 e. The van der Waals surface area contributed by atoms with Gasteiger partial charge >= 0.3 is 5.97 Å². The Labute approximate surface area is 151 Å². The molecular formula is C21H31ClO2. The highest BCUT2D eigenvalue weighted by molar-refractivity contribution is 6.31. The molecule has 2 nitrogen and oxygen atoms in total. The molecule has 0 fully saturated rings. The van der Waals surface area contributed by atoms with Crippen LogP contribution in [0.1, 0.15) is 59.1 Å². The molecule has 1 rings (SSSR count). The van der Waals surface area contributed by atoms with Crippen molar-refractivity contribution in [2.75, 3.05) is 0 Å². The predicted octanol–water partition coefficient (Wildman–Crippen LogP) is 6.12. The number of aryl methyl sites for hydroxylation is 1. The van der Waals surface area contributed by atoms with Crippen molar-refractivity contribution in [2.45, 2.75) is 59.8 Å². The van der Waals surface area contributed by atoms with E-state index >= 15 is 0 Å². The lowest BCUT2D eigenvalue weighted by Gasteiger charge is -2.35. The summed E-state index contributed by atoms with van der Waals surface area (Å²) in [7, 11) is 0. The molecule has 0 aliphatic heterocycles. The summed E-state index contributed by atoms with van der Waals surface area (Å²) in [5.41, 5.74) is 1.01. The molecule has 3 heteroatoms. The number of rotatable bonds is 7. The summed E-state index contributed by atoms with van der Waals surface area (Å²) < 4.78 is 0. The Kier molecular flexibility index (Phi) is 6.69. The van der Waals surface area contributed by atoms with Crippen LogP contribution < -0.4 is 0 Å². The first-order valence-corrected chi connectivity index (χ1v) is 8.96.